The van der Waals surface area contributed by atoms with Gasteiger partial charge >= 0.3 is 5.97 Å². The van der Waals surface area contributed by atoms with Crippen LogP contribution < -0.4 is 0 Å². The van der Waals surface area contributed by atoms with Crippen molar-refractivity contribution in [3.05, 3.63) is 66.4 Å². The highest BCUT2D eigenvalue weighted by Crippen LogP contribution is 2.25. The van der Waals surface area contributed by atoms with E-state index in [0.717, 1.165) is 0 Å². The first kappa shape index (κ1) is 19.9. The summed E-state index contributed by atoms with van der Waals surface area (Å²) in [4.78, 5) is 27.0. The highest BCUT2D eigenvalue weighted by Gasteiger charge is 2.31. The van der Waals surface area contributed by atoms with E-state index >= 15 is 0 Å². The van der Waals surface area contributed by atoms with Crippen LogP contribution in [0.5, 0.6) is 0 Å². The number of aromatic nitrogens is 3. The molecule has 0 unspecified atom stereocenters. The molecule has 0 saturated carbocycles. The second-order valence-corrected chi connectivity index (χ2v) is 7.18. The molecule has 4 rings (SSSR count). The lowest BCUT2D eigenvalue weighted by Crippen LogP contribution is -2.40. The van der Waals surface area contributed by atoms with Crippen LogP contribution in [-0.4, -0.2) is 50.8 Å². The minimum Gasteiger partial charge on any atom is -0.466 e. The summed E-state index contributed by atoms with van der Waals surface area (Å²) in [6, 6.07) is 9.78. The molecular formula is C22H23FN4O3. The Bertz CT molecular complexity index is 1040. The van der Waals surface area contributed by atoms with Gasteiger partial charge in [-0.2, -0.15) is 5.10 Å². The Morgan fingerprint density at radius 2 is 1.90 bits per heavy atom. The minimum atomic E-state index is -0.379. The van der Waals surface area contributed by atoms with Crippen molar-refractivity contribution in [1.82, 2.24) is 19.2 Å². The molecule has 156 valence electrons. The molecule has 0 N–H and O–H groups in total. The number of hydrogen-bond donors (Lipinski definition) is 0. The minimum absolute atomic E-state index is 0.163. The molecule has 1 fully saturated rings. The number of piperidine rings is 1. The van der Waals surface area contributed by atoms with E-state index in [1.807, 2.05) is 24.5 Å². The van der Waals surface area contributed by atoms with E-state index in [4.69, 9.17) is 4.74 Å². The molecule has 0 bridgehead atoms. The molecule has 0 spiro atoms. The van der Waals surface area contributed by atoms with E-state index < -0.39 is 0 Å². The predicted molar refractivity (Wildman–Crippen MR) is 108 cm³/mol. The van der Waals surface area contributed by atoms with Crippen molar-refractivity contribution in [1.29, 1.82) is 0 Å². The van der Waals surface area contributed by atoms with Crippen molar-refractivity contribution in [3.63, 3.8) is 0 Å². The van der Waals surface area contributed by atoms with Gasteiger partial charge in [0, 0.05) is 25.5 Å². The van der Waals surface area contributed by atoms with E-state index in [9.17, 15) is 14.0 Å². The first-order valence-corrected chi connectivity index (χ1v) is 10.0. The zero-order valence-corrected chi connectivity index (χ0v) is 16.7. The molecule has 2 aromatic heterocycles. The number of amides is 1. The smallest absolute Gasteiger partial charge is 0.309 e. The molecule has 0 aliphatic carbocycles. The third kappa shape index (κ3) is 3.85. The summed E-state index contributed by atoms with van der Waals surface area (Å²) in [5.41, 5.74) is 0.948. The van der Waals surface area contributed by atoms with Gasteiger partial charge in [0.05, 0.1) is 24.4 Å². The zero-order chi connectivity index (χ0) is 21.1. The molecule has 1 aliphatic heterocycles. The number of carbonyl (C=O) groups excluding carboxylic acids is 2. The van der Waals surface area contributed by atoms with Gasteiger partial charge < -0.3 is 14.2 Å². The number of carbonyl (C=O) groups is 2. The van der Waals surface area contributed by atoms with Gasteiger partial charge in [-0.3, -0.25) is 9.59 Å². The molecule has 3 aromatic rings. The largest absolute Gasteiger partial charge is 0.466 e. The Kier molecular flexibility index (Phi) is 5.65. The quantitative estimate of drug-likeness (QED) is 0.606. The van der Waals surface area contributed by atoms with Gasteiger partial charge in [-0.25, -0.2) is 9.07 Å². The molecule has 1 amide bonds. The monoisotopic (exact) mass is 410 g/mol. The van der Waals surface area contributed by atoms with Crippen LogP contribution in [0.25, 0.3) is 11.5 Å². The maximum atomic E-state index is 13.8. The van der Waals surface area contributed by atoms with Crippen LogP contribution in [0.1, 0.15) is 30.1 Å². The van der Waals surface area contributed by atoms with E-state index in [0.29, 0.717) is 49.6 Å². The molecule has 0 atom stereocenters. The van der Waals surface area contributed by atoms with Crippen LogP contribution in [0, 0.1) is 11.7 Å². The lowest BCUT2D eigenvalue weighted by atomic mass is 9.96. The molecule has 3 heterocycles. The first-order chi connectivity index (χ1) is 14.6. The maximum absolute atomic E-state index is 13.8. The van der Waals surface area contributed by atoms with Gasteiger partial charge in [-0.1, -0.05) is 6.07 Å². The maximum Gasteiger partial charge on any atom is 0.309 e. The molecule has 30 heavy (non-hydrogen) atoms. The highest BCUT2D eigenvalue weighted by molar-refractivity contribution is 5.97. The molecular weight excluding hydrogens is 387 g/mol. The summed E-state index contributed by atoms with van der Waals surface area (Å²) >= 11 is 0. The Morgan fingerprint density at radius 3 is 2.57 bits per heavy atom. The fourth-order valence-corrected chi connectivity index (χ4v) is 3.76. The lowest BCUT2D eigenvalue weighted by molar-refractivity contribution is -0.149. The normalized spacial score (nSPS) is 14.7. The van der Waals surface area contributed by atoms with Crippen molar-refractivity contribution in [2.24, 2.45) is 5.92 Å². The summed E-state index contributed by atoms with van der Waals surface area (Å²) < 4.78 is 22.2. The summed E-state index contributed by atoms with van der Waals surface area (Å²) in [5.74, 6) is -0.369. The van der Waals surface area contributed by atoms with E-state index in [-0.39, 0.29) is 23.6 Å². The Hall–Kier alpha value is -3.42. The number of halogens is 1. The topological polar surface area (TPSA) is 69.4 Å². The average Bonchev–Trinajstić information content (AvgIpc) is 3.43. The van der Waals surface area contributed by atoms with Gasteiger partial charge in [0.25, 0.3) is 5.91 Å². The van der Waals surface area contributed by atoms with E-state index in [2.05, 4.69) is 5.10 Å². The summed E-state index contributed by atoms with van der Waals surface area (Å²) in [6.07, 6.45) is 6.29. The van der Waals surface area contributed by atoms with Gasteiger partial charge in [0.2, 0.25) is 0 Å². The van der Waals surface area contributed by atoms with Gasteiger partial charge in [-0.05, 0) is 50.1 Å². The number of rotatable bonds is 5. The standard InChI is InChI=1S/C22H23FN4O3/c1-2-30-22(29)16-8-12-26(13-9-16)21(28)19-15-24-27(18-7-5-6-17(23)14-18)20(19)25-10-3-4-11-25/h3-7,10-11,14-16H,2,8-9,12-13H2,1H3. The van der Waals surface area contributed by atoms with E-state index in [1.165, 1.54) is 18.3 Å². The fourth-order valence-electron chi connectivity index (χ4n) is 3.76. The third-order valence-electron chi connectivity index (χ3n) is 5.28. The second kappa shape index (κ2) is 8.52. The molecule has 7 nitrogen and oxygen atoms in total. The number of nitrogens with zero attached hydrogens (tertiary/aromatic N) is 4. The molecule has 8 heteroatoms. The number of hydrogen-bond acceptors (Lipinski definition) is 4. The van der Waals surface area contributed by atoms with Crippen LogP contribution in [0.15, 0.2) is 55.0 Å². The fraction of sp³-hybridized carbons (Fsp3) is 0.318. The van der Waals surface area contributed by atoms with Crippen LogP contribution in [0.4, 0.5) is 4.39 Å². The van der Waals surface area contributed by atoms with Crippen molar-refractivity contribution in [3.8, 4) is 11.5 Å². The van der Waals surface area contributed by atoms with Crippen LogP contribution in [0.3, 0.4) is 0 Å². The number of likely N-dealkylation sites (tertiary alicyclic amines) is 1. The van der Waals surface area contributed by atoms with Crippen molar-refractivity contribution in [2.75, 3.05) is 19.7 Å². The molecule has 1 aliphatic rings. The summed E-state index contributed by atoms with van der Waals surface area (Å²) in [6.45, 7) is 3.09. The Morgan fingerprint density at radius 1 is 1.17 bits per heavy atom. The van der Waals surface area contributed by atoms with Crippen molar-refractivity contribution < 1.29 is 18.7 Å². The summed E-state index contributed by atoms with van der Waals surface area (Å²) in [7, 11) is 0. The Labute approximate surface area is 173 Å². The lowest BCUT2D eigenvalue weighted by Gasteiger charge is -2.30. The molecule has 1 aromatic carbocycles. The second-order valence-electron chi connectivity index (χ2n) is 7.18. The van der Waals surface area contributed by atoms with Crippen LogP contribution in [-0.2, 0) is 9.53 Å². The molecule has 0 radical (unpaired) electrons. The Balaban J connectivity index is 1.62. The van der Waals surface area contributed by atoms with Gasteiger partial charge in [0.15, 0.2) is 5.82 Å². The van der Waals surface area contributed by atoms with Crippen LogP contribution >= 0.6 is 0 Å². The average molecular weight is 410 g/mol. The van der Waals surface area contributed by atoms with Crippen LogP contribution in [0.2, 0.25) is 0 Å². The van der Waals surface area contributed by atoms with E-state index in [1.54, 1.807) is 33.2 Å². The first-order valence-electron chi connectivity index (χ1n) is 10.0. The number of ether oxygens (including phenoxy) is 1. The zero-order valence-electron chi connectivity index (χ0n) is 16.7. The number of esters is 1. The highest BCUT2D eigenvalue weighted by atomic mass is 19.1. The summed E-state index contributed by atoms with van der Waals surface area (Å²) in [5, 5.41) is 4.37. The third-order valence-corrected chi connectivity index (χ3v) is 5.28. The predicted octanol–water partition coefficient (Wildman–Crippen LogP) is 3.22. The molecule has 1 saturated heterocycles. The van der Waals surface area contributed by atoms with Crippen molar-refractivity contribution in [2.45, 2.75) is 19.8 Å². The van der Waals surface area contributed by atoms with Gasteiger partial charge in [-0.15, -0.1) is 0 Å². The number of benzene rings is 1. The van der Waals surface area contributed by atoms with Gasteiger partial charge in [0.1, 0.15) is 11.4 Å². The SMILES string of the molecule is CCOC(=O)C1CCN(C(=O)c2cnn(-c3cccc(F)c3)c2-n2cccc2)CC1. The van der Waals surface area contributed by atoms with Crippen molar-refractivity contribution >= 4 is 11.9 Å².